The number of carbonyl (C=O) groups is 1. The monoisotopic (exact) mass is 452 g/mol. The Morgan fingerprint density at radius 2 is 1.68 bits per heavy atom. The van der Waals surface area contributed by atoms with E-state index < -0.39 is 0 Å². The van der Waals surface area contributed by atoms with E-state index in [0.717, 1.165) is 16.1 Å². The van der Waals surface area contributed by atoms with Gasteiger partial charge in [0.05, 0.1) is 5.69 Å². The van der Waals surface area contributed by atoms with Crippen molar-refractivity contribution in [3.63, 3.8) is 0 Å². The highest BCUT2D eigenvalue weighted by Gasteiger charge is 2.24. The predicted octanol–water partition coefficient (Wildman–Crippen LogP) is 7.24. The summed E-state index contributed by atoms with van der Waals surface area (Å²) in [6.07, 6.45) is 0.622. The maximum Gasteiger partial charge on any atom is 0.257 e. The van der Waals surface area contributed by atoms with E-state index >= 15 is 0 Å². The van der Waals surface area contributed by atoms with E-state index in [1.807, 2.05) is 12.1 Å². The molecule has 0 atom stereocenters. The first-order valence-corrected chi connectivity index (χ1v) is 10.6. The summed E-state index contributed by atoms with van der Waals surface area (Å²) in [7, 11) is 0. The topological polar surface area (TPSA) is 42.0 Å². The molecule has 0 aliphatic carbocycles. The summed E-state index contributed by atoms with van der Waals surface area (Å²) in [6, 6.07) is 12.2. The second-order valence-electron chi connectivity index (χ2n) is 7.41. The zero-order chi connectivity index (χ0) is 20.5. The number of rotatable bonds is 4. The molecular formula is C21H19Cl3N2OS. The lowest BCUT2D eigenvalue weighted by Crippen LogP contribution is -2.15. The van der Waals surface area contributed by atoms with Crippen molar-refractivity contribution < 1.29 is 4.79 Å². The number of anilines is 1. The molecule has 0 fully saturated rings. The summed E-state index contributed by atoms with van der Waals surface area (Å²) < 4.78 is 0. The molecule has 1 aromatic heterocycles. The molecule has 3 rings (SSSR count). The van der Waals surface area contributed by atoms with Gasteiger partial charge in [-0.3, -0.25) is 10.1 Å². The first-order chi connectivity index (χ1) is 13.1. The first-order valence-electron chi connectivity index (χ1n) is 8.64. The maximum absolute atomic E-state index is 12.5. The largest absolute Gasteiger partial charge is 0.298 e. The number of hydrogen-bond donors (Lipinski definition) is 1. The van der Waals surface area contributed by atoms with Crippen molar-refractivity contribution in [2.45, 2.75) is 32.6 Å². The lowest BCUT2D eigenvalue weighted by molar-refractivity contribution is 0.102. The fraction of sp³-hybridized carbons (Fsp3) is 0.238. The lowest BCUT2D eigenvalue weighted by atomic mass is 9.90. The van der Waals surface area contributed by atoms with Crippen LogP contribution in [0.5, 0.6) is 0 Å². The second kappa shape index (κ2) is 8.42. The van der Waals surface area contributed by atoms with Gasteiger partial charge in [0.15, 0.2) is 5.13 Å². The summed E-state index contributed by atoms with van der Waals surface area (Å²) in [5.74, 6) is -0.220. The number of thiazole rings is 1. The van der Waals surface area contributed by atoms with Gasteiger partial charge in [-0.05, 0) is 42.0 Å². The fourth-order valence-corrected chi connectivity index (χ4v) is 4.51. The van der Waals surface area contributed by atoms with Gasteiger partial charge in [0.1, 0.15) is 0 Å². The summed E-state index contributed by atoms with van der Waals surface area (Å²) >= 11 is 19.7. The average molecular weight is 454 g/mol. The van der Waals surface area contributed by atoms with Gasteiger partial charge in [-0.2, -0.15) is 0 Å². The van der Waals surface area contributed by atoms with E-state index in [9.17, 15) is 4.79 Å². The SMILES string of the molecule is CC(C)(C)c1nc(NC(=O)c2ccc(Cl)cc2)sc1Cc1ccc(Cl)cc1Cl. The molecule has 0 bridgehead atoms. The van der Waals surface area contributed by atoms with Crippen LogP contribution in [-0.4, -0.2) is 10.9 Å². The molecule has 0 saturated heterocycles. The number of hydrogen-bond acceptors (Lipinski definition) is 3. The third-order valence-electron chi connectivity index (χ3n) is 4.10. The predicted molar refractivity (Wildman–Crippen MR) is 119 cm³/mol. The van der Waals surface area contributed by atoms with E-state index in [4.69, 9.17) is 39.8 Å². The van der Waals surface area contributed by atoms with Crippen LogP contribution in [0.1, 0.15) is 47.3 Å². The van der Waals surface area contributed by atoms with Crippen molar-refractivity contribution in [3.8, 4) is 0 Å². The quantitative estimate of drug-likeness (QED) is 0.452. The number of nitrogens with zero attached hydrogens (tertiary/aromatic N) is 1. The molecule has 0 saturated carbocycles. The van der Waals surface area contributed by atoms with Crippen LogP contribution in [0.15, 0.2) is 42.5 Å². The summed E-state index contributed by atoms with van der Waals surface area (Å²) in [4.78, 5) is 18.3. The van der Waals surface area contributed by atoms with Gasteiger partial charge in [0.25, 0.3) is 5.91 Å². The van der Waals surface area contributed by atoms with Gasteiger partial charge in [0.2, 0.25) is 0 Å². The Balaban J connectivity index is 1.89. The standard InChI is InChI=1S/C21H19Cl3N2OS/c1-21(2,3)18-17(10-13-6-9-15(23)11-16(13)24)28-20(25-18)26-19(27)12-4-7-14(22)8-5-12/h4-9,11H,10H2,1-3H3,(H,25,26,27). The Hall–Kier alpha value is -1.59. The molecule has 7 heteroatoms. The fourth-order valence-electron chi connectivity index (χ4n) is 2.72. The average Bonchev–Trinajstić information content (AvgIpc) is 3.00. The normalized spacial score (nSPS) is 11.5. The first kappa shape index (κ1) is 21.1. The molecule has 146 valence electrons. The Bertz CT molecular complexity index is 1010. The number of halogens is 3. The van der Waals surface area contributed by atoms with Crippen LogP contribution in [0.3, 0.4) is 0 Å². The van der Waals surface area contributed by atoms with Crippen LogP contribution in [0.25, 0.3) is 0 Å². The smallest absolute Gasteiger partial charge is 0.257 e. The molecule has 0 radical (unpaired) electrons. The maximum atomic E-state index is 12.5. The molecular weight excluding hydrogens is 435 g/mol. The molecule has 1 N–H and O–H groups in total. The minimum Gasteiger partial charge on any atom is -0.298 e. The number of aromatic nitrogens is 1. The minimum absolute atomic E-state index is 0.173. The molecule has 0 aliphatic rings. The van der Waals surface area contributed by atoms with Crippen LogP contribution in [0.4, 0.5) is 5.13 Å². The van der Waals surface area contributed by atoms with Crippen molar-refractivity contribution in [3.05, 3.63) is 79.2 Å². The molecule has 28 heavy (non-hydrogen) atoms. The summed E-state index contributed by atoms with van der Waals surface area (Å²) in [6.45, 7) is 6.29. The summed E-state index contributed by atoms with van der Waals surface area (Å²) in [5, 5.41) is 5.26. The van der Waals surface area contributed by atoms with Crippen molar-refractivity contribution in [2.24, 2.45) is 0 Å². The van der Waals surface area contributed by atoms with E-state index in [1.54, 1.807) is 30.3 Å². The highest BCUT2D eigenvalue weighted by atomic mass is 35.5. The van der Waals surface area contributed by atoms with E-state index in [0.29, 0.717) is 32.2 Å². The van der Waals surface area contributed by atoms with Gasteiger partial charge in [-0.1, -0.05) is 61.6 Å². The Morgan fingerprint density at radius 3 is 2.29 bits per heavy atom. The zero-order valence-electron chi connectivity index (χ0n) is 15.6. The van der Waals surface area contributed by atoms with Gasteiger partial charge in [0, 0.05) is 37.3 Å². The third-order valence-corrected chi connectivity index (χ3v) is 5.91. The number of benzene rings is 2. The van der Waals surface area contributed by atoms with Crippen LogP contribution in [-0.2, 0) is 11.8 Å². The molecule has 1 amide bonds. The highest BCUT2D eigenvalue weighted by Crippen LogP contribution is 2.35. The van der Waals surface area contributed by atoms with E-state index in [1.165, 1.54) is 11.3 Å². The van der Waals surface area contributed by atoms with Crippen LogP contribution in [0, 0.1) is 0 Å². The van der Waals surface area contributed by atoms with Crippen molar-refractivity contribution >= 4 is 57.2 Å². The van der Waals surface area contributed by atoms with Gasteiger partial charge < -0.3 is 0 Å². The Kier molecular flexibility index (Phi) is 6.35. The Morgan fingerprint density at radius 1 is 1.04 bits per heavy atom. The lowest BCUT2D eigenvalue weighted by Gasteiger charge is -2.17. The highest BCUT2D eigenvalue weighted by molar-refractivity contribution is 7.16. The summed E-state index contributed by atoms with van der Waals surface area (Å²) in [5.41, 5.74) is 2.26. The molecule has 0 unspecified atom stereocenters. The van der Waals surface area contributed by atoms with Crippen LogP contribution >= 0.6 is 46.1 Å². The van der Waals surface area contributed by atoms with E-state index in [2.05, 4.69) is 26.1 Å². The van der Waals surface area contributed by atoms with Crippen molar-refractivity contribution in [1.82, 2.24) is 4.98 Å². The Labute approximate surface area is 183 Å². The molecule has 3 aromatic rings. The number of nitrogens with one attached hydrogen (secondary N) is 1. The van der Waals surface area contributed by atoms with Gasteiger partial charge >= 0.3 is 0 Å². The van der Waals surface area contributed by atoms with Crippen molar-refractivity contribution in [1.29, 1.82) is 0 Å². The van der Waals surface area contributed by atoms with Crippen LogP contribution < -0.4 is 5.32 Å². The second-order valence-corrected chi connectivity index (χ2v) is 9.78. The van der Waals surface area contributed by atoms with E-state index in [-0.39, 0.29) is 11.3 Å². The minimum atomic E-state index is -0.220. The molecule has 0 spiro atoms. The van der Waals surface area contributed by atoms with Gasteiger partial charge in [-0.15, -0.1) is 11.3 Å². The molecule has 2 aromatic carbocycles. The zero-order valence-corrected chi connectivity index (χ0v) is 18.7. The molecule has 1 heterocycles. The molecule has 0 aliphatic heterocycles. The number of amides is 1. The number of carbonyl (C=O) groups excluding carboxylic acids is 1. The van der Waals surface area contributed by atoms with Crippen LogP contribution in [0.2, 0.25) is 15.1 Å². The third kappa shape index (κ3) is 5.06. The molecule has 3 nitrogen and oxygen atoms in total. The van der Waals surface area contributed by atoms with Gasteiger partial charge in [-0.25, -0.2) is 4.98 Å². The van der Waals surface area contributed by atoms with Crippen molar-refractivity contribution in [2.75, 3.05) is 5.32 Å².